The molecule has 2 aromatic rings. The molecule has 3 N–H and O–H groups in total. The molecule has 1 heterocycles. The van der Waals surface area contributed by atoms with Gasteiger partial charge in [0.15, 0.2) is 0 Å². The van der Waals surface area contributed by atoms with Crippen LogP contribution in [0.5, 0.6) is 0 Å². The van der Waals surface area contributed by atoms with Gasteiger partial charge in [-0.2, -0.15) is 0 Å². The number of hydrogen-bond acceptors (Lipinski definition) is 6. The Morgan fingerprint density at radius 2 is 1.93 bits per heavy atom. The summed E-state index contributed by atoms with van der Waals surface area (Å²) in [5.41, 5.74) is 3.57. The first kappa shape index (κ1) is 21.5. The van der Waals surface area contributed by atoms with Crippen molar-refractivity contribution in [3.05, 3.63) is 41.0 Å². The first-order valence-corrected chi connectivity index (χ1v) is 10.6. The van der Waals surface area contributed by atoms with Crippen molar-refractivity contribution in [3.8, 4) is 10.4 Å². The van der Waals surface area contributed by atoms with E-state index in [1.165, 1.54) is 11.3 Å². The van der Waals surface area contributed by atoms with Gasteiger partial charge >= 0.3 is 13.9 Å². The molecule has 0 radical (unpaired) electrons. The standard InChI is InChI=1S/C17H23N2O6PS/c1-11-15(27-10-18-11)13-7-5-12(6-8-13)14(9-24-26(21,22)23)19-16(20)25-17(2,3)4/h5-8,10,14H,9H2,1-4H3,(H,19,20)(H2,21,22,23)/t14-/m0/s1. The summed E-state index contributed by atoms with van der Waals surface area (Å²) in [5, 5.41) is 2.59. The molecule has 1 atom stereocenters. The maximum atomic E-state index is 12.1. The third kappa shape index (κ3) is 7.04. The Hall–Kier alpha value is -1.77. The van der Waals surface area contributed by atoms with E-state index in [9.17, 15) is 9.36 Å². The summed E-state index contributed by atoms with van der Waals surface area (Å²) in [6, 6.07) is 6.46. The second-order valence-electron chi connectivity index (χ2n) is 6.87. The lowest BCUT2D eigenvalue weighted by atomic mass is 10.0. The normalized spacial score (nSPS) is 13.3. The van der Waals surface area contributed by atoms with Gasteiger partial charge in [0.05, 0.1) is 28.7 Å². The van der Waals surface area contributed by atoms with Crippen LogP contribution in [-0.4, -0.2) is 33.1 Å². The molecule has 0 aliphatic heterocycles. The zero-order valence-electron chi connectivity index (χ0n) is 15.5. The number of nitrogens with one attached hydrogen (secondary N) is 1. The van der Waals surface area contributed by atoms with Crippen molar-refractivity contribution in [3.63, 3.8) is 0 Å². The third-order valence-electron chi connectivity index (χ3n) is 3.42. The fourth-order valence-electron chi connectivity index (χ4n) is 2.29. The first-order valence-electron chi connectivity index (χ1n) is 8.14. The Morgan fingerprint density at radius 3 is 2.41 bits per heavy atom. The van der Waals surface area contributed by atoms with Crippen LogP contribution in [0.15, 0.2) is 29.8 Å². The molecule has 8 nitrogen and oxygen atoms in total. The summed E-state index contributed by atoms with van der Waals surface area (Å²) >= 11 is 1.52. The van der Waals surface area contributed by atoms with Crippen molar-refractivity contribution in [1.29, 1.82) is 0 Å². The van der Waals surface area contributed by atoms with E-state index in [1.54, 1.807) is 38.4 Å². The number of thiazole rings is 1. The number of hydrogen-bond donors (Lipinski definition) is 3. The number of rotatable bonds is 6. The van der Waals surface area contributed by atoms with Crippen LogP contribution in [0.1, 0.15) is 38.1 Å². The highest BCUT2D eigenvalue weighted by Crippen LogP contribution is 2.37. The van der Waals surface area contributed by atoms with Gasteiger partial charge < -0.3 is 19.8 Å². The number of phosphoric acid groups is 1. The number of benzene rings is 1. The van der Waals surface area contributed by atoms with Gasteiger partial charge in [-0.1, -0.05) is 24.3 Å². The van der Waals surface area contributed by atoms with Crippen molar-refractivity contribution in [2.75, 3.05) is 6.61 Å². The van der Waals surface area contributed by atoms with Crippen LogP contribution in [0.3, 0.4) is 0 Å². The molecule has 0 fully saturated rings. The minimum absolute atomic E-state index is 0.400. The highest BCUT2D eigenvalue weighted by atomic mass is 32.1. The van der Waals surface area contributed by atoms with Gasteiger partial charge in [-0.25, -0.2) is 14.3 Å². The molecule has 0 saturated carbocycles. The van der Waals surface area contributed by atoms with Crippen LogP contribution in [0.4, 0.5) is 4.79 Å². The van der Waals surface area contributed by atoms with Crippen molar-refractivity contribution < 1.29 is 28.4 Å². The SMILES string of the molecule is Cc1ncsc1-c1ccc([C@H](COP(=O)(O)O)NC(=O)OC(C)(C)C)cc1. The van der Waals surface area contributed by atoms with Crippen LogP contribution >= 0.6 is 19.2 Å². The molecule has 1 amide bonds. The minimum atomic E-state index is -4.68. The van der Waals surface area contributed by atoms with Crippen molar-refractivity contribution in [1.82, 2.24) is 10.3 Å². The molecule has 2 rings (SSSR count). The summed E-state index contributed by atoms with van der Waals surface area (Å²) in [4.78, 5) is 35.3. The number of aryl methyl sites for hydroxylation is 1. The van der Waals surface area contributed by atoms with E-state index in [0.717, 1.165) is 16.1 Å². The maximum absolute atomic E-state index is 12.1. The average Bonchev–Trinajstić information content (AvgIpc) is 2.95. The molecule has 0 bridgehead atoms. The number of amides is 1. The molecule has 0 aliphatic rings. The molecule has 27 heavy (non-hydrogen) atoms. The number of ether oxygens (including phenoxy) is 1. The predicted octanol–water partition coefficient (Wildman–Crippen LogP) is 3.79. The summed E-state index contributed by atoms with van der Waals surface area (Å²) in [5.74, 6) is 0. The largest absolute Gasteiger partial charge is 0.469 e. The van der Waals surface area contributed by atoms with Crippen molar-refractivity contribution in [2.24, 2.45) is 0 Å². The van der Waals surface area contributed by atoms with E-state index >= 15 is 0 Å². The van der Waals surface area contributed by atoms with Crippen LogP contribution in [0, 0.1) is 6.92 Å². The summed E-state index contributed by atoms with van der Waals surface area (Å²) < 4.78 is 20.9. The fraction of sp³-hybridized carbons (Fsp3) is 0.412. The van der Waals surface area contributed by atoms with Gasteiger partial charge in [0.25, 0.3) is 0 Å². The summed E-state index contributed by atoms with van der Waals surface area (Å²) in [6.07, 6.45) is -0.704. The number of carbonyl (C=O) groups excluding carboxylic acids is 1. The lowest BCUT2D eigenvalue weighted by Gasteiger charge is -2.24. The van der Waals surface area contributed by atoms with Gasteiger partial charge in [-0.3, -0.25) is 4.52 Å². The molecular formula is C17H23N2O6PS. The molecule has 0 spiro atoms. The molecule has 1 aromatic carbocycles. The monoisotopic (exact) mass is 414 g/mol. The zero-order chi connectivity index (χ0) is 20.2. The third-order valence-corrected chi connectivity index (χ3v) is 4.88. The lowest BCUT2D eigenvalue weighted by molar-refractivity contribution is 0.0478. The van der Waals surface area contributed by atoms with E-state index in [0.29, 0.717) is 5.56 Å². The highest BCUT2D eigenvalue weighted by Gasteiger charge is 2.24. The molecule has 0 saturated heterocycles. The molecule has 1 aromatic heterocycles. The lowest BCUT2D eigenvalue weighted by Crippen LogP contribution is -2.36. The Bertz CT molecular complexity index is 825. The van der Waals surface area contributed by atoms with E-state index in [2.05, 4.69) is 14.8 Å². The number of carbonyl (C=O) groups is 1. The van der Waals surface area contributed by atoms with Crippen LogP contribution < -0.4 is 5.32 Å². The fourth-order valence-corrected chi connectivity index (χ4v) is 3.44. The number of aromatic nitrogens is 1. The molecule has 148 valence electrons. The highest BCUT2D eigenvalue weighted by molar-refractivity contribution is 7.46. The van der Waals surface area contributed by atoms with Crippen LogP contribution in [-0.2, 0) is 13.8 Å². The average molecular weight is 414 g/mol. The predicted molar refractivity (Wildman–Crippen MR) is 102 cm³/mol. The van der Waals surface area contributed by atoms with Gasteiger partial charge in [-0.15, -0.1) is 11.3 Å². The Balaban J connectivity index is 2.20. The second kappa shape index (κ2) is 8.50. The van der Waals surface area contributed by atoms with E-state index in [-0.39, 0.29) is 0 Å². The molecule has 0 unspecified atom stereocenters. The molecule has 0 aliphatic carbocycles. The molecular weight excluding hydrogens is 391 g/mol. The van der Waals surface area contributed by atoms with Crippen molar-refractivity contribution >= 4 is 25.3 Å². The molecule has 10 heteroatoms. The van der Waals surface area contributed by atoms with Gasteiger partial charge in [0, 0.05) is 0 Å². The van der Waals surface area contributed by atoms with E-state index in [1.807, 2.05) is 19.1 Å². The van der Waals surface area contributed by atoms with Crippen LogP contribution in [0.25, 0.3) is 10.4 Å². The number of phosphoric ester groups is 1. The van der Waals surface area contributed by atoms with E-state index < -0.39 is 32.2 Å². The number of nitrogens with zero attached hydrogens (tertiary/aromatic N) is 1. The Morgan fingerprint density at radius 1 is 1.30 bits per heavy atom. The van der Waals surface area contributed by atoms with Gasteiger partial charge in [0.2, 0.25) is 0 Å². The maximum Gasteiger partial charge on any atom is 0.469 e. The van der Waals surface area contributed by atoms with Gasteiger partial charge in [-0.05, 0) is 38.8 Å². The Labute approximate surface area is 161 Å². The number of alkyl carbamates (subject to hydrolysis) is 1. The Kier molecular flexibility index (Phi) is 6.77. The van der Waals surface area contributed by atoms with Gasteiger partial charge in [0.1, 0.15) is 5.60 Å². The van der Waals surface area contributed by atoms with Crippen LogP contribution in [0.2, 0.25) is 0 Å². The van der Waals surface area contributed by atoms with Crippen molar-refractivity contribution in [2.45, 2.75) is 39.3 Å². The minimum Gasteiger partial charge on any atom is -0.444 e. The zero-order valence-corrected chi connectivity index (χ0v) is 17.2. The second-order valence-corrected chi connectivity index (χ2v) is 8.97. The summed E-state index contributed by atoms with van der Waals surface area (Å²) in [6.45, 7) is 6.68. The van der Waals surface area contributed by atoms with E-state index in [4.69, 9.17) is 14.5 Å². The topological polar surface area (TPSA) is 118 Å². The quantitative estimate of drug-likeness (QED) is 0.616. The summed E-state index contributed by atoms with van der Waals surface area (Å²) in [7, 11) is -4.68. The smallest absolute Gasteiger partial charge is 0.444 e. The first-order chi connectivity index (χ1) is 12.4.